The predicted molar refractivity (Wildman–Crippen MR) is 69.3 cm³/mol. The number of hydrogen-bond donors (Lipinski definition) is 1. The highest BCUT2D eigenvalue weighted by Crippen LogP contribution is 2.33. The van der Waals surface area contributed by atoms with E-state index in [0.29, 0.717) is 0 Å². The van der Waals surface area contributed by atoms with Crippen LogP contribution in [-0.4, -0.2) is 36.1 Å². The Bertz CT molecular complexity index is 383. The molecule has 6 heteroatoms. The Morgan fingerprint density at radius 3 is 3.00 bits per heavy atom. The molecule has 0 amide bonds. The summed E-state index contributed by atoms with van der Waals surface area (Å²) in [6.45, 7) is 6.90. The number of anilines is 1. The number of methoxy groups -OCH3 is 1. The van der Waals surface area contributed by atoms with Gasteiger partial charge in [0, 0.05) is 31.7 Å². The fraction of sp³-hybridized carbons (Fsp3) is 0.818. The SMILES string of the molecule is COC(C)c1nsc(N2CCC(C)(CN)C2)n1. The van der Waals surface area contributed by atoms with E-state index >= 15 is 0 Å². The minimum absolute atomic E-state index is 0.0384. The van der Waals surface area contributed by atoms with Crippen LogP contribution in [0.15, 0.2) is 0 Å². The van der Waals surface area contributed by atoms with Crippen LogP contribution in [0, 0.1) is 5.41 Å². The average molecular weight is 256 g/mol. The average Bonchev–Trinajstić information content (AvgIpc) is 2.95. The van der Waals surface area contributed by atoms with Gasteiger partial charge in [-0.05, 0) is 25.3 Å². The van der Waals surface area contributed by atoms with E-state index < -0.39 is 0 Å². The summed E-state index contributed by atoms with van der Waals surface area (Å²) in [4.78, 5) is 6.80. The number of rotatable bonds is 4. The molecule has 2 rings (SSSR count). The third kappa shape index (κ3) is 2.59. The molecule has 1 saturated heterocycles. The lowest BCUT2D eigenvalue weighted by atomic mass is 9.90. The lowest BCUT2D eigenvalue weighted by Gasteiger charge is -2.21. The molecule has 2 atom stereocenters. The summed E-state index contributed by atoms with van der Waals surface area (Å²) >= 11 is 1.45. The molecule has 1 aliphatic heterocycles. The van der Waals surface area contributed by atoms with Crippen LogP contribution in [0.3, 0.4) is 0 Å². The Balaban J connectivity index is 2.07. The van der Waals surface area contributed by atoms with Gasteiger partial charge in [-0.25, -0.2) is 4.98 Å². The standard InChI is InChI=1S/C11H20N4OS/c1-8(16-3)9-13-10(17-14-9)15-5-4-11(2,6-12)7-15/h8H,4-7,12H2,1-3H3. The molecule has 1 aromatic heterocycles. The van der Waals surface area contributed by atoms with Crippen LogP contribution in [0.2, 0.25) is 0 Å². The van der Waals surface area contributed by atoms with Crippen molar-refractivity contribution in [3.05, 3.63) is 5.82 Å². The first-order chi connectivity index (χ1) is 8.08. The van der Waals surface area contributed by atoms with Crippen molar-refractivity contribution >= 4 is 16.7 Å². The van der Waals surface area contributed by atoms with E-state index in [1.165, 1.54) is 11.5 Å². The summed E-state index contributed by atoms with van der Waals surface area (Å²) in [6, 6.07) is 0. The van der Waals surface area contributed by atoms with Gasteiger partial charge in [-0.3, -0.25) is 0 Å². The van der Waals surface area contributed by atoms with E-state index in [-0.39, 0.29) is 11.5 Å². The molecule has 17 heavy (non-hydrogen) atoms. The summed E-state index contributed by atoms with van der Waals surface area (Å²) in [7, 11) is 1.67. The smallest absolute Gasteiger partial charge is 0.205 e. The van der Waals surface area contributed by atoms with Gasteiger partial charge in [0.2, 0.25) is 5.13 Å². The molecule has 5 nitrogen and oxygen atoms in total. The largest absolute Gasteiger partial charge is 0.374 e. The van der Waals surface area contributed by atoms with Crippen LogP contribution >= 0.6 is 11.5 Å². The minimum Gasteiger partial charge on any atom is -0.374 e. The van der Waals surface area contributed by atoms with Gasteiger partial charge < -0.3 is 15.4 Å². The summed E-state index contributed by atoms with van der Waals surface area (Å²) in [5, 5.41) is 0.987. The van der Waals surface area contributed by atoms with E-state index in [1.54, 1.807) is 7.11 Å². The first kappa shape index (κ1) is 12.7. The number of ether oxygens (including phenoxy) is 1. The lowest BCUT2D eigenvalue weighted by Crippen LogP contribution is -2.31. The van der Waals surface area contributed by atoms with E-state index in [9.17, 15) is 0 Å². The molecular weight excluding hydrogens is 236 g/mol. The summed E-state index contributed by atoms with van der Waals surface area (Å²) in [5.41, 5.74) is 6.02. The highest BCUT2D eigenvalue weighted by molar-refractivity contribution is 7.09. The second-order valence-corrected chi connectivity index (χ2v) is 5.73. The zero-order valence-electron chi connectivity index (χ0n) is 10.6. The number of hydrogen-bond acceptors (Lipinski definition) is 6. The lowest BCUT2D eigenvalue weighted by molar-refractivity contribution is 0.113. The number of nitrogens with zero attached hydrogens (tertiary/aromatic N) is 3. The highest BCUT2D eigenvalue weighted by atomic mass is 32.1. The van der Waals surface area contributed by atoms with Crippen molar-refractivity contribution in [1.82, 2.24) is 9.36 Å². The zero-order chi connectivity index (χ0) is 12.5. The van der Waals surface area contributed by atoms with Gasteiger partial charge in [0.1, 0.15) is 6.10 Å². The molecule has 2 heterocycles. The predicted octanol–water partition coefficient (Wildman–Crippen LogP) is 1.42. The topological polar surface area (TPSA) is 64.3 Å². The van der Waals surface area contributed by atoms with Gasteiger partial charge in [-0.2, -0.15) is 4.37 Å². The maximum absolute atomic E-state index is 5.80. The monoisotopic (exact) mass is 256 g/mol. The first-order valence-electron chi connectivity index (χ1n) is 5.89. The van der Waals surface area contributed by atoms with Crippen molar-refractivity contribution in [2.24, 2.45) is 11.1 Å². The number of nitrogens with two attached hydrogens (primary N) is 1. The summed E-state index contributed by atoms with van der Waals surface area (Å²) in [5.74, 6) is 0.772. The molecule has 0 saturated carbocycles. The van der Waals surface area contributed by atoms with Crippen molar-refractivity contribution in [3.63, 3.8) is 0 Å². The van der Waals surface area contributed by atoms with Crippen LogP contribution < -0.4 is 10.6 Å². The van der Waals surface area contributed by atoms with E-state index in [2.05, 4.69) is 21.2 Å². The molecular formula is C11H20N4OS. The zero-order valence-corrected chi connectivity index (χ0v) is 11.5. The van der Waals surface area contributed by atoms with Crippen LogP contribution in [0.25, 0.3) is 0 Å². The van der Waals surface area contributed by atoms with Crippen molar-refractivity contribution in [1.29, 1.82) is 0 Å². The normalized spacial score (nSPS) is 26.5. The quantitative estimate of drug-likeness (QED) is 0.882. The Hall–Kier alpha value is -0.720. The maximum Gasteiger partial charge on any atom is 0.205 e. The Kier molecular flexibility index (Phi) is 3.65. The molecule has 0 aliphatic carbocycles. The molecule has 2 unspecified atom stereocenters. The molecule has 1 fully saturated rings. The van der Waals surface area contributed by atoms with Crippen molar-refractivity contribution in [3.8, 4) is 0 Å². The van der Waals surface area contributed by atoms with Gasteiger partial charge in [-0.1, -0.05) is 6.92 Å². The fourth-order valence-electron chi connectivity index (χ4n) is 1.98. The molecule has 2 N–H and O–H groups in total. The Morgan fingerprint density at radius 1 is 1.65 bits per heavy atom. The van der Waals surface area contributed by atoms with Gasteiger partial charge >= 0.3 is 0 Å². The highest BCUT2D eigenvalue weighted by Gasteiger charge is 2.34. The third-order valence-corrected chi connectivity index (χ3v) is 4.26. The molecule has 1 aromatic rings. The first-order valence-corrected chi connectivity index (χ1v) is 6.67. The second-order valence-electron chi connectivity index (χ2n) is 5.00. The summed E-state index contributed by atoms with van der Waals surface area (Å²) in [6.07, 6.45) is 1.08. The van der Waals surface area contributed by atoms with Crippen LogP contribution in [0.4, 0.5) is 5.13 Å². The van der Waals surface area contributed by atoms with Crippen molar-refractivity contribution < 1.29 is 4.74 Å². The Morgan fingerprint density at radius 2 is 2.41 bits per heavy atom. The van der Waals surface area contributed by atoms with Crippen molar-refractivity contribution in [2.75, 3.05) is 31.6 Å². The molecule has 1 aliphatic rings. The molecule has 0 bridgehead atoms. The minimum atomic E-state index is -0.0384. The van der Waals surface area contributed by atoms with Gasteiger partial charge in [0.15, 0.2) is 5.82 Å². The van der Waals surface area contributed by atoms with Crippen LogP contribution in [0.5, 0.6) is 0 Å². The Labute approximate surface area is 106 Å². The van der Waals surface area contributed by atoms with Gasteiger partial charge in [-0.15, -0.1) is 0 Å². The number of aromatic nitrogens is 2. The maximum atomic E-state index is 5.80. The third-order valence-electron chi connectivity index (χ3n) is 3.47. The van der Waals surface area contributed by atoms with Gasteiger partial charge in [0.25, 0.3) is 0 Å². The van der Waals surface area contributed by atoms with Gasteiger partial charge in [0.05, 0.1) is 0 Å². The van der Waals surface area contributed by atoms with Crippen LogP contribution in [0.1, 0.15) is 32.2 Å². The second kappa shape index (κ2) is 4.88. The molecule has 0 spiro atoms. The van der Waals surface area contributed by atoms with E-state index in [4.69, 9.17) is 10.5 Å². The van der Waals surface area contributed by atoms with E-state index in [0.717, 1.165) is 37.0 Å². The van der Waals surface area contributed by atoms with Crippen LogP contribution in [-0.2, 0) is 4.74 Å². The van der Waals surface area contributed by atoms with E-state index in [1.807, 2.05) is 6.92 Å². The van der Waals surface area contributed by atoms with Crippen molar-refractivity contribution in [2.45, 2.75) is 26.4 Å². The fourth-order valence-corrected chi connectivity index (χ4v) is 2.75. The molecule has 0 aromatic carbocycles. The molecule has 96 valence electrons. The molecule has 0 radical (unpaired) electrons. The summed E-state index contributed by atoms with van der Waals surface area (Å²) < 4.78 is 9.56.